The molecule has 3 aromatic carbocycles. The third-order valence-electron chi connectivity index (χ3n) is 7.32. The highest BCUT2D eigenvalue weighted by molar-refractivity contribution is 6.01. The molecule has 37 heavy (non-hydrogen) atoms. The van der Waals surface area contributed by atoms with Crippen molar-refractivity contribution in [1.29, 1.82) is 10.5 Å². The number of benzene rings is 3. The molecule has 0 unspecified atom stereocenters. The zero-order chi connectivity index (χ0) is 26.2. The zero-order valence-electron chi connectivity index (χ0n) is 20.7. The van der Waals surface area contributed by atoms with Crippen molar-refractivity contribution in [2.75, 3.05) is 21.3 Å². The van der Waals surface area contributed by atoms with Crippen LogP contribution < -0.4 is 14.2 Å². The predicted molar refractivity (Wildman–Crippen MR) is 137 cm³/mol. The van der Waals surface area contributed by atoms with Crippen LogP contribution in [0.1, 0.15) is 39.0 Å². The van der Waals surface area contributed by atoms with Gasteiger partial charge in [-0.15, -0.1) is 0 Å². The third kappa shape index (κ3) is 3.51. The number of nitrogens with zero attached hydrogens (tertiary/aromatic N) is 3. The topological polar surface area (TPSA) is 95.6 Å². The number of rotatable bonds is 6. The minimum Gasteiger partial charge on any atom is -0.493 e. The van der Waals surface area contributed by atoms with E-state index in [1.54, 1.807) is 36.4 Å². The van der Waals surface area contributed by atoms with Crippen molar-refractivity contribution in [1.82, 2.24) is 4.90 Å². The van der Waals surface area contributed by atoms with Gasteiger partial charge in [0.25, 0.3) is 0 Å². The smallest absolute Gasteiger partial charge is 0.203 e. The van der Waals surface area contributed by atoms with Gasteiger partial charge in [-0.05, 0) is 34.9 Å². The number of hydrogen-bond donors (Lipinski definition) is 0. The van der Waals surface area contributed by atoms with Crippen LogP contribution in [0.2, 0.25) is 0 Å². The largest absolute Gasteiger partial charge is 0.493 e. The monoisotopic (exact) mass is 491 g/mol. The van der Waals surface area contributed by atoms with Gasteiger partial charge in [-0.1, -0.05) is 54.6 Å². The van der Waals surface area contributed by atoms with Gasteiger partial charge in [0.15, 0.2) is 22.7 Å². The second-order valence-electron chi connectivity index (χ2n) is 9.00. The van der Waals surface area contributed by atoms with Gasteiger partial charge in [-0.2, -0.15) is 10.5 Å². The second kappa shape index (κ2) is 9.37. The fourth-order valence-electron chi connectivity index (χ4n) is 5.72. The van der Waals surface area contributed by atoms with Crippen molar-refractivity contribution in [2.45, 2.75) is 18.0 Å². The van der Waals surface area contributed by atoms with Crippen molar-refractivity contribution in [3.05, 3.63) is 95.2 Å². The average Bonchev–Trinajstić information content (AvgIpc) is 3.27. The van der Waals surface area contributed by atoms with Gasteiger partial charge in [0.05, 0.1) is 39.5 Å². The molecule has 0 amide bonds. The van der Waals surface area contributed by atoms with Crippen LogP contribution in [-0.2, 0) is 0 Å². The highest BCUT2D eigenvalue weighted by Crippen LogP contribution is 2.61. The highest BCUT2D eigenvalue weighted by Gasteiger charge is 2.64. The van der Waals surface area contributed by atoms with Crippen LogP contribution >= 0.6 is 0 Å². The molecule has 0 N–H and O–H groups in total. The first-order chi connectivity index (χ1) is 18.0. The normalized spacial score (nSPS) is 20.7. The molecule has 1 fully saturated rings. The molecule has 0 aromatic heterocycles. The summed E-state index contributed by atoms with van der Waals surface area (Å²) in [6.07, 6.45) is 3.76. The van der Waals surface area contributed by atoms with Gasteiger partial charge in [-0.25, -0.2) is 0 Å². The molecular weight excluding hydrogens is 466 g/mol. The second-order valence-corrected chi connectivity index (χ2v) is 9.00. The van der Waals surface area contributed by atoms with Crippen LogP contribution in [0.5, 0.6) is 17.2 Å². The number of Topliss-reactive ketones (excluding diaryl/α,β-unsaturated/α-hetero) is 1. The van der Waals surface area contributed by atoms with E-state index in [0.717, 1.165) is 11.1 Å². The van der Waals surface area contributed by atoms with E-state index in [-0.39, 0.29) is 5.78 Å². The number of fused-ring (bicyclic) bond motifs is 3. The molecule has 0 saturated carbocycles. The van der Waals surface area contributed by atoms with Crippen molar-refractivity contribution in [3.63, 3.8) is 0 Å². The SMILES string of the molecule is COc1cc([C@H]2[C@H](C(=O)c3ccccc3)N3C=Cc4ccccc4[C@@H]3C2(C#N)C#N)cc(OC)c1OC. The average molecular weight is 492 g/mol. The Morgan fingerprint density at radius 2 is 1.51 bits per heavy atom. The minimum atomic E-state index is -1.60. The van der Waals surface area contributed by atoms with Crippen molar-refractivity contribution < 1.29 is 19.0 Å². The summed E-state index contributed by atoms with van der Waals surface area (Å²) in [6, 6.07) is 23.3. The summed E-state index contributed by atoms with van der Waals surface area (Å²) in [7, 11) is 4.52. The van der Waals surface area contributed by atoms with Crippen LogP contribution in [0.15, 0.2) is 72.9 Å². The fourth-order valence-corrected chi connectivity index (χ4v) is 5.72. The van der Waals surface area contributed by atoms with Gasteiger partial charge in [0.1, 0.15) is 6.04 Å². The molecule has 0 aliphatic carbocycles. The summed E-state index contributed by atoms with van der Waals surface area (Å²) in [5, 5.41) is 21.4. The van der Waals surface area contributed by atoms with Crippen molar-refractivity contribution >= 4 is 11.9 Å². The van der Waals surface area contributed by atoms with Gasteiger partial charge < -0.3 is 19.1 Å². The number of methoxy groups -OCH3 is 3. The molecule has 2 aliphatic heterocycles. The molecule has 7 heteroatoms. The maximum atomic E-state index is 14.2. The van der Waals surface area contributed by atoms with Crippen LogP contribution in [0.25, 0.3) is 6.08 Å². The van der Waals surface area contributed by atoms with Crippen molar-refractivity contribution in [2.24, 2.45) is 5.41 Å². The Balaban J connectivity index is 1.81. The Labute approximate surface area is 215 Å². The molecule has 2 heterocycles. The molecule has 7 nitrogen and oxygen atoms in total. The Bertz CT molecular complexity index is 1430. The highest BCUT2D eigenvalue weighted by atomic mass is 16.5. The van der Waals surface area contributed by atoms with Crippen LogP contribution in [0.3, 0.4) is 0 Å². The van der Waals surface area contributed by atoms with Gasteiger partial charge in [-0.3, -0.25) is 4.79 Å². The molecule has 3 atom stereocenters. The third-order valence-corrected chi connectivity index (χ3v) is 7.32. The van der Waals surface area contributed by atoms with Crippen LogP contribution in [0, 0.1) is 28.1 Å². The first-order valence-electron chi connectivity index (χ1n) is 11.8. The van der Waals surface area contributed by atoms with E-state index in [2.05, 4.69) is 12.1 Å². The molecule has 2 aliphatic rings. The first-order valence-corrected chi connectivity index (χ1v) is 11.8. The maximum absolute atomic E-state index is 14.2. The van der Waals surface area contributed by atoms with E-state index in [4.69, 9.17) is 14.2 Å². The van der Waals surface area contributed by atoms with Crippen LogP contribution in [-0.4, -0.2) is 38.1 Å². The lowest BCUT2D eigenvalue weighted by atomic mass is 9.67. The first kappa shape index (κ1) is 24.0. The molecule has 5 rings (SSSR count). The molecule has 3 aromatic rings. The Morgan fingerprint density at radius 3 is 2.11 bits per heavy atom. The van der Waals surface area contributed by atoms with E-state index in [0.29, 0.717) is 28.4 Å². The van der Waals surface area contributed by atoms with E-state index < -0.39 is 23.4 Å². The minimum absolute atomic E-state index is 0.180. The number of ketones is 1. The Kier molecular flexibility index (Phi) is 6.07. The van der Waals surface area contributed by atoms with E-state index in [1.165, 1.54) is 21.3 Å². The van der Waals surface area contributed by atoms with Gasteiger partial charge >= 0.3 is 0 Å². The molecule has 0 radical (unpaired) electrons. The number of carbonyl (C=O) groups is 1. The summed E-state index contributed by atoms with van der Waals surface area (Å²) < 4.78 is 16.7. The quantitative estimate of drug-likeness (QED) is 0.442. The number of ether oxygens (including phenoxy) is 3. The molecular formula is C30H25N3O4. The molecule has 0 bridgehead atoms. The lowest BCUT2D eigenvalue weighted by Gasteiger charge is -2.34. The van der Waals surface area contributed by atoms with E-state index in [1.807, 2.05) is 47.5 Å². The molecule has 184 valence electrons. The standard InChI is InChI=1S/C30H25N3O4/c1-35-23-15-21(16-24(36-2)28(23)37-3)25-26(27(34)20-10-5-4-6-11-20)33-14-13-19-9-7-8-12-22(19)29(33)30(25,17-31)18-32/h4-16,25-26,29H,1-3H3/t25-,26+,29+/m0/s1. The molecule has 1 saturated heterocycles. The number of hydrogen-bond acceptors (Lipinski definition) is 7. The molecule has 0 spiro atoms. The van der Waals surface area contributed by atoms with E-state index >= 15 is 0 Å². The number of nitriles is 2. The summed E-state index contributed by atoms with van der Waals surface area (Å²) in [6.45, 7) is 0. The fraction of sp³-hybridized carbons (Fsp3) is 0.233. The maximum Gasteiger partial charge on any atom is 0.203 e. The van der Waals surface area contributed by atoms with Gasteiger partial charge in [0, 0.05) is 17.7 Å². The Hall–Kier alpha value is -4.75. The van der Waals surface area contributed by atoms with Crippen molar-refractivity contribution in [3.8, 4) is 29.4 Å². The lowest BCUT2D eigenvalue weighted by molar-refractivity contribution is 0.0874. The summed E-state index contributed by atoms with van der Waals surface area (Å²) >= 11 is 0. The summed E-state index contributed by atoms with van der Waals surface area (Å²) in [5.41, 5.74) is 1.22. The number of carbonyl (C=O) groups excluding carboxylic acids is 1. The Morgan fingerprint density at radius 1 is 0.892 bits per heavy atom. The lowest BCUT2D eigenvalue weighted by Crippen LogP contribution is -2.37. The van der Waals surface area contributed by atoms with E-state index in [9.17, 15) is 15.3 Å². The zero-order valence-corrected chi connectivity index (χ0v) is 20.7. The van der Waals surface area contributed by atoms with Crippen LogP contribution in [0.4, 0.5) is 0 Å². The predicted octanol–water partition coefficient (Wildman–Crippen LogP) is 5.12. The summed E-state index contributed by atoms with van der Waals surface area (Å²) in [5.74, 6) is 0.146. The summed E-state index contributed by atoms with van der Waals surface area (Å²) in [4.78, 5) is 16.0. The van der Waals surface area contributed by atoms with Gasteiger partial charge in [0.2, 0.25) is 5.75 Å².